The van der Waals surface area contributed by atoms with Crippen LogP contribution in [0.25, 0.3) is 0 Å². The second-order valence-corrected chi connectivity index (χ2v) is 4.67. The summed E-state index contributed by atoms with van der Waals surface area (Å²) in [6, 6.07) is 8.34. The fourth-order valence-corrected chi connectivity index (χ4v) is 1.74. The normalized spacial score (nSPS) is 14.2. The van der Waals surface area contributed by atoms with Crippen LogP contribution in [0.4, 0.5) is 5.69 Å². The predicted octanol–water partition coefficient (Wildman–Crippen LogP) is 3.17. The number of rotatable bonds is 5. The Morgan fingerprint density at radius 3 is 2.56 bits per heavy atom. The number of hydrogen-bond donors (Lipinski definition) is 2. The van der Waals surface area contributed by atoms with Gasteiger partial charge in [0.25, 0.3) is 0 Å². The molecule has 0 aliphatic carbocycles. The van der Waals surface area contributed by atoms with Gasteiger partial charge >= 0.3 is 0 Å². The van der Waals surface area contributed by atoms with Crippen molar-refractivity contribution >= 4 is 22.9 Å². The van der Waals surface area contributed by atoms with E-state index in [4.69, 9.17) is 18.0 Å². The summed E-state index contributed by atoms with van der Waals surface area (Å²) in [4.78, 5) is 0.444. The highest BCUT2D eigenvalue weighted by atomic mass is 32.1. The van der Waals surface area contributed by atoms with E-state index < -0.39 is 0 Å². The lowest BCUT2D eigenvalue weighted by atomic mass is 10.00. The number of nitrogens with one attached hydrogen (secondary N) is 1. The molecule has 2 unspecified atom stereocenters. The molecular weight excluding hydrogens is 216 g/mol. The van der Waals surface area contributed by atoms with Crippen LogP contribution in [0.15, 0.2) is 24.3 Å². The Kier molecular flexibility index (Phi) is 4.74. The van der Waals surface area contributed by atoms with Gasteiger partial charge in [-0.25, -0.2) is 0 Å². The fraction of sp³-hybridized carbons (Fsp3) is 0.462. The molecule has 0 fully saturated rings. The van der Waals surface area contributed by atoms with Crippen LogP contribution in [0.5, 0.6) is 0 Å². The lowest BCUT2D eigenvalue weighted by Crippen LogP contribution is -2.25. The molecule has 0 amide bonds. The quantitative estimate of drug-likeness (QED) is 0.771. The van der Waals surface area contributed by atoms with Crippen LogP contribution in [0.2, 0.25) is 0 Å². The minimum absolute atomic E-state index is 0.417. The van der Waals surface area contributed by atoms with Crippen LogP contribution in [0.3, 0.4) is 0 Å². The number of anilines is 1. The summed E-state index contributed by atoms with van der Waals surface area (Å²) in [6.07, 6.45) is 1.16. The molecule has 16 heavy (non-hydrogen) atoms. The number of para-hydroxylation sites is 1. The molecule has 3 heteroatoms. The highest BCUT2D eigenvalue weighted by Gasteiger charge is 2.12. The first-order chi connectivity index (χ1) is 7.56. The van der Waals surface area contributed by atoms with Gasteiger partial charge in [0.1, 0.15) is 4.99 Å². The average molecular weight is 236 g/mol. The van der Waals surface area contributed by atoms with E-state index in [0.29, 0.717) is 16.9 Å². The van der Waals surface area contributed by atoms with Crippen LogP contribution in [0.1, 0.15) is 32.8 Å². The Bertz CT molecular complexity index is 363. The van der Waals surface area contributed by atoms with E-state index in [0.717, 1.165) is 17.7 Å². The molecule has 0 bridgehead atoms. The van der Waals surface area contributed by atoms with Crippen molar-refractivity contribution in [3.63, 3.8) is 0 Å². The third kappa shape index (κ3) is 3.20. The maximum atomic E-state index is 5.69. The summed E-state index contributed by atoms with van der Waals surface area (Å²) in [7, 11) is 0. The molecule has 0 aliphatic heterocycles. The van der Waals surface area contributed by atoms with Gasteiger partial charge in [-0.2, -0.15) is 0 Å². The molecule has 0 saturated heterocycles. The van der Waals surface area contributed by atoms with Crippen molar-refractivity contribution in [2.75, 3.05) is 5.32 Å². The van der Waals surface area contributed by atoms with E-state index in [2.05, 4.69) is 26.1 Å². The zero-order valence-corrected chi connectivity index (χ0v) is 11.0. The lowest BCUT2D eigenvalue weighted by Gasteiger charge is -2.22. The second kappa shape index (κ2) is 5.85. The molecule has 0 spiro atoms. The molecular formula is C13H20N2S. The zero-order valence-electron chi connectivity index (χ0n) is 10.2. The van der Waals surface area contributed by atoms with E-state index >= 15 is 0 Å². The first-order valence-electron chi connectivity index (χ1n) is 5.71. The van der Waals surface area contributed by atoms with Gasteiger partial charge in [0, 0.05) is 17.3 Å². The van der Waals surface area contributed by atoms with Crippen LogP contribution >= 0.6 is 12.2 Å². The van der Waals surface area contributed by atoms with Gasteiger partial charge in [-0.15, -0.1) is 0 Å². The van der Waals surface area contributed by atoms with Crippen LogP contribution in [0, 0.1) is 5.92 Å². The van der Waals surface area contributed by atoms with Crippen LogP contribution in [-0.2, 0) is 0 Å². The monoisotopic (exact) mass is 236 g/mol. The van der Waals surface area contributed by atoms with E-state index in [9.17, 15) is 0 Å². The smallest absolute Gasteiger partial charge is 0.106 e. The van der Waals surface area contributed by atoms with Gasteiger partial charge in [0.2, 0.25) is 0 Å². The van der Waals surface area contributed by atoms with E-state index in [1.807, 2.05) is 24.3 Å². The number of thiocarbonyl (C=S) groups is 1. The molecule has 1 aromatic carbocycles. The molecule has 0 saturated carbocycles. The van der Waals surface area contributed by atoms with Gasteiger partial charge < -0.3 is 11.1 Å². The highest BCUT2D eigenvalue weighted by Crippen LogP contribution is 2.19. The minimum Gasteiger partial charge on any atom is -0.389 e. The Morgan fingerprint density at radius 2 is 2.00 bits per heavy atom. The topological polar surface area (TPSA) is 38.0 Å². The summed E-state index contributed by atoms with van der Waals surface area (Å²) in [6.45, 7) is 6.62. The molecule has 0 aliphatic rings. The van der Waals surface area contributed by atoms with Crippen LogP contribution < -0.4 is 11.1 Å². The van der Waals surface area contributed by atoms with Gasteiger partial charge in [0.05, 0.1) is 0 Å². The Labute approximate surface area is 103 Å². The van der Waals surface area contributed by atoms with E-state index in [-0.39, 0.29) is 0 Å². The summed E-state index contributed by atoms with van der Waals surface area (Å²) in [5.41, 5.74) is 7.64. The summed E-state index contributed by atoms with van der Waals surface area (Å²) in [5.74, 6) is 0.624. The molecule has 0 heterocycles. The third-order valence-corrected chi connectivity index (χ3v) is 3.29. The maximum Gasteiger partial charge on any atom is 0.106 e. The third-order valence-electron chi connectivity index (χ3n) is 3.07. The maximum absolute atomic E-state index is 5.69. The van der Waals surface area contributed by atoms with Gasteiger partial charge in [0.15, 0.2) is 0 Å². The fourth-order valence-electron chi connectivity index (χ4n) is 1.56. The second-order valence-electron chi connectivity index (χ2n) is 4.23. The van der Waals surface area contributed by atoms with E-state index in [1.165, 1.54) is 0 Å². The summed E-state index contributed by atoms with van der Waals surface area (Å²) in [5, 5.41) is 3.47. The van der Waals surface area contributed by atoms with E-state index in [1.54, 1.807) is 0 Å². The average Bonchev–Trinajstić information content (AvgIpc) is 2.28. The molecule has 0 radical (unpaired) electrons. The van der Waals surface area contributed by atoms with Gasteiger partial charge in [-0.1, -0.05) is 44.6 Å². The zero-order chi connectivity index (χ0) is 12.1. The first kappa shape index (κ1) is 13.0. The molecule has 88 valence electrons. The van der Waals surface area contributed by atoms with Gasteiger partial charge in [-0.3, -0.25) is 0 Å². The highest BCUT2D eigenvalue weighted by molar-refractivity contribution is 7.80. The van der Waals surface area contributed by atoms with Crippen molar-refractivity contribution in [3.8, 4) is 0 Å². The summed E-state index contributed by atoms with van der Waals surface area (Å²) >= 11 is 5.03. The first-order valence-corrected chi connectivity index (χ1v) is 6.12. The van der Waals surface area contributed by atoms with Crippen molar-refractivity contribution in [1.29, 1.82) is 0 Å². The molecule has 1 aromatic rings. The number of nitrogens with two attached hydrogens (primary N) is 1. The number of benzene rings is 1. The largest absolute Gasteiger partial charge is 0.389 e. The van der Waals surface area contributed by atoms with Crippen molar-refractivity contribution in [3.05, 3.63) is 29.8 Å². The molecule has 2 nitrogen and oxygen atoms in total. The summed E-state index contributed by atoms with van der Waals surface area (Å²) < 4.78 is 0. The van der Waals surface area contributed by atoms with Crippen molar-refractivity contribution in [2.45, 2.75) is 33.2 Å². The molecule has 1 rings (SSSR count). The minimum atomic E-state index is 0.417. The predicted molar refractivity (Wildman–Crippen MR) is 74.9 cm³/mol. The molecule has 3 N–H and O–H groups in total. The molecule has 2 atom stereocenters. The van der Waals surface area contributed by atoms with Crippen molar-refractivity contribution in [2.24, 2.45) is 11.7 Å². The Hall–Kier alpha value is -1.09. The Balaban J connectivity index is 2.84. The SMILES string of the molecule is CCC(C)C(C)Nc1ccccc1C(N)=S. The Morgan fingerprint density at radius 1 is 1.38 bits per heavy atom. The van der Waals surface area contributed by atoms with Crippen molar-refractivity contribution < 1.29 is 0 Å². The van der Waals surface area contributed by atoms with Crippen LogP contribution in [-0.4, -0.2) is 11.0 Å². The van der Waals surface area contributed by atoms with Crippen molar-refractivity contribution in [1.82, 2.24) is 0 Å². The molecule has 0 aromatic heterocycles. The lowest BCUT2D eigenvalue weighted by molar-refractivity contribution is 0.494. The van der Waals surface area contributed by atoms with Gasteiger partial charge in [-0.05, 0) is 25.0 Å². The number of hydrogen-bond acceptors (Lipinski definition) is 2. The standard InChI is InChI=1S/C13H20N2S/c1-4-9(2)10(3)15-12-8-6-5-7-11(12)13(14)16/h5-10,15H,4H2,1-3H3,(H2,14,16).